The van der Waals surface area contributed by atoms with Gasteiger partial charge >= 0.3 is 0 Å². The number of aryl methyl sites for hydroxylation is 1. The van der Waals surface area contributed by atoms with E-state index >= 15 is 0 Å². The first-order valence-corrected chi connectivity index (χ1v) is 9.35. The van der Waals surface area contributed by atoms with Crippen molar-refractivity contribution in [3.05, 3.63) is 35.1 Å². The van der Waals surface area contributed by atoms with Gasteiger partial charge in [0.05, 0.1) is 12.1 Å². The van der Waals surface area contributed by atoms with Gasteiger partial charge in [-0.2, -0.15) is 0 Å². The minimum atomic E-state index is -0.457. The number of carbonyl (C=O) groups is 2. The van der Waals surface area contributed by atoms with E-state index in [1.807, 2.05) is 16.7 Å². The number of amides is 1. The van der Waals surface area contributed by atoms with Crippen molar-refractivity contribution in [2.45, 2.75) is 39.0 Å². The summed E-state index contributed by atoms with van der Waals surface area (Å²) in [5.41, 5.74) is 1.05. The molecule has 5 heteroatoms. The summed E-state index contributed by atoms with van der Waals surface area (Å²) in [6.45, 7) is 4.75. The first-order chi connectivity index (χ1) is 12.0. The predicted octanol–water partition coefficient (Wildman–Crippen LogP) is 3.04. The Bertz CT molecular complexity index is 633. The van der Waals surface area contributed by atoms with Gasteiger partial charge in [-0.05, 0) is 31.9 Å². The van der Waals surface area contributed by atoms with Crippen molar-refractivity contribution in [2.24, 2.45) is 5.92 Å². The predicted molar refractivity (Wildman–Crippen MR) is 95.1 cm³/mol. The Hall–Kier alpha value is -1.75. The van der Waals surface area contributed by atoms with Crippen LogP contribution in [0.4, 0.5) is 4.39 Å². The van der Waals surface area contributed by atoms with Gasteiger partial charge in [0, 0.05) is 32.1 Å². The van der Waals surface area contributed by atoms with E-state index in [4.69, 9.17) is 0 Å². The average Bonchev–Trinajstić information content (AvgIpc) is 2.64. The summed E-state index contributed by atoms with van der Waals surface area (Å²) < 4.78 is 13.9. The van der Waals surface area contributed by atoms with Crippen LogP contribution >= 0.6 is 0 Å². The molecular weight excluding hydrogens is 319 g/mol. The van der Waals surface area contributed by atoms with Crippen LogP contribution in [0.5, 0.6) is 0 Å². The highest BCUT2D eigenvalue weighted by Crippen LogP contribution is 2.25. The van der Waals surface area contributed by atoms with Crippen LogP contribution in [0.25, 0.3) is 0 Å². The lowest BCUT2D eigenvalue weighted by Gasteiger charge is -2.36. The van der Waals surface area contributed by atoms with Gasteiger partial charge in [-0.25, -0.2) is 4.39 Å². The normalized spacial score (nSPS) is 19.8. The van der Waals surface area contributed by atoms with Gasteiger partial charge in [0.25, 0.3) is 0 Å². The smallest absolute Gasteiger partial charge is 0.225 e. The topological polar surface area (TPSA) is 40.6 Å². The van der Waals surface area contributed by atoms with Crippen LogP contribution in [-0.4, -0.2) is 54.2 Å². The van der Waals surface area contributed by atoms with Crippen molar-refractivity contribution in [3.63, 3.8) is 0 Å². The fourth-order valence-corrected chi connectivity index (χ4v) is 3.88. The van der Waals surface area contributed by atoms with Crippen LogP contribution < -0.4 is 0 Å². The Kier molecular flexibility index (Phi) is 5.84. The highest BCUT2D eigenvalue weighted by molar-refractivity contribution is 5.98. The molecule has 3 rings (SSSR count). The number of hydrogen-bond acceptors (Lipinski definition) is 3. The zero-order valence-electron chi connectivity index (χ0n) is 15.0. The molecule has 1 saturated heterocycles. The zero-order valence-corrected chi connectivity index (χ0v) is 15.0. The van der Waals surface area contributed by atoms with E-state index in [9.17, 15) is 14.0 Å². The van der Waals surface area contributed by atoms with Crippen LogP contribution in [0.1, 0.15) is 48.0 Å². The summed E-state index contributed by atoms with van der Waals surface area (Å²) in [6, 6.07) is 4.63. The average molecular weight is 346 g/mol. The maximum Gasteiger partial charge on any atom is 0.225 e. The number of hydrogen-bond donors (Lipinski definition) is 0. The SMILES string of the molecule is Cc1ccc(F)c(C(=O)CN2CCN(C(=O)C3CCCCC3)CC2)c1. The van der Waals surface area contributed by atoms with E-state index < -0.39 is 5.82 Å². The molecule has 1 aromatic carbocycles. The van der Waals surface area contributed by atoms with E-state index in [-0.39, 0.29) is 29.7 Å². The third kappa shape index (κ3) is 4.46. The van der Waals surface area contributed by atoms with E-state index in [0.717, 1.165) is 31.2 Å². The summed E-state index contributed by atoms with van der Waals surface area (Å²) in [6.07, 6.45) is 5.60. The lowest BCUT2D eigenvalue weighted by atomic mass is 9.88. The number of nitrogens with zero attached hydrogens (tertiary/aromatic N) is 2. The number of rotatable bonds is 4. The first kappa shape index (κ1) is 18.1. The van der Waals surface area contributed by atoms with Crippen LogP contribution in [0.2, 0.25) is 0 Å². The molecule has 1 aliphatic heterocycles. The molecule has 0 bridgehead atoms. The van der Waals surface area contributed by atoms with E-state index in [2.05, 4.69) is 0 Å². The lowest BCUT2D eigenvalue weighted by Crippen LogP contribution is -2.51. The van der Waals surface area contributed by atoms with Crippen LogP contribution in [-0.2, 0) is 4.79 Å². The Morgan fingerprint density at radius 3 is 2.44 bits per heavy atom. The Balaban J connectivity index is 1.51. The molecule has 0 unspecified atom stereocenters. The van der Waals surface area contributed by atoms with Crippen molar-refractivity contribution in [1.82, 2.24) is 9.80 Å². The third-order valence-corrected chi connectivity index (χ3v) is 5.43. The molecule has 1 heterocycles. The number of halogens is 1. The molecule has 0 N–H and O–H groups in total. The van der Waals surface area contributed by atoms with Crippen molar-refractivity contribution < 1.29 is 14.0 Å². The largest absolute Gasteiger partial charge is 0.340 e. The number of ketones is 1. The van der Waals surface area contributed by atoms with Crippen molar-refractivity contribution >= 4 is 11.7 Å². The maximum atomic E-state index is 13.9. The number of piperazine rings is 1. The number of carbonyl (C=O) groups excluding carboxylic acids is 2. The lowest BCUT2D eigenvalue weighted by molar-refractivity contribution is -0.138. The molecule has 0 atom stereocenters. The Morgan fingerprint density at radius 2 is 1.76 bits per heavy atom. The summed E-state index contributed by atoms with van der Waals surface area (Å²) in [7, 11) is 0. The second kappa shape index (κ2) is 8.09. The quantitative estimate of drug-likeness (QED) is 0.787. The van der Waals surface area contributed by atoms with Crippen LogP contribution in [0, 0.1) is 18.7 Å². The van der Waals surface area contributed by atoms with Gasteiger partial charge in [0.1, 0.15) is 5.82 Å². The molecule has 1 amide bonds. The summed E-state index contributed by atoms with van der Waals surface area (Å²) >= 11 is 0. The van der Waals surface area contributed by atoms with Crippen molar-refractivity contribution in [1.29, 1.82) is 0 Å². The standard InChI is InChI=1S/C20H27FN2O2/c1-15-7-8-18(21)17(13-15)19(24)14-22-9-11-23(12-10-22)20(25)16-5-3-2-4-6-16/h7-8,13,16H,2-6,9-12,14H2,1H3. The second-order valence-corrected chi connectivity index (χ2v) is 7.34. The molecule has 0 radical (unpaired) electrons. The molecular formula is C20H27FN2O2. The molecule has 2 fully saturated rings. The number of benzene rings is 1. The minimum Gasteiger partial charge on any atom is -0.340 e. The van der Waals surface area contributed by atoms with Crippen LogP contribution in [0.15, 0.2) is 18.2 Å². The third-order valence-electron chi connectivity index (χ3n) is 5.43. The van der Waals surface area contributed by atoms with E-state index in [1.54, 1.807) is 12.1 Å². The maximum absolute atomic E-state index is 13.9. The molecule has 25 heavy (non-hydrogen) atoms. The second-order valence-electron chi connectivity index (χ2n) is 7.34. The van der Waals surface area contributed by atoms with E-state index in [1.165, 1.54) is 12.5 Å². The monoisotopic (exact) mass is 346 g/mol. The summed E-state index contributed by atoms with van der Waals surface area (Å²) in [5, 5.41) is 0. The summed E-state index contributed by atoms with van der Waals surface area (Å²) in [4.78, 5) is 28.9. The highest BCUT2D eigenvalue weighted by atomic mass is 19.1. The molecule has 0 spiro atoms. The fourth-order valence-electron chi connectivity index (χ4n) is 3.88. The van der Waals surface area contributed by atoms with E-state index in [0.29, 0.717) is 26.2 Å². The Morgan fingerprint density at radius 1 is 1.08 bits per heavy atom. The molecule has 4 nitrogen and oxygen atoms in total. The van der Waals surface area contributed by atoms with Gasteiger partial charge in [-0.15, -0.1) is 0 Å². The highest BCUT2D eigenvalue weighted by Gasteiger charge is 2.29. The first-order valence-electron chi connectivity index (χ1n) is 9.35. The molecule has 0 aromatic heterocycles. The molecule has 2 aliphatic rings. The minimum absolute atomic E-state index is 0.167. The molecule has 1 aliphatic carbocycles. The number of Topliss-reactive ketones (excluding diaryl/α,β-unsaturated/α-hetero) is 1. The molecule has 1 aromatic rings. The van der Waals surface area contributed by atoms with Crippen LogP contribution in [0.3, 0.4) is 0 Å². The Labute approximate surface area is 149 Å². The van der Waals surface area contributed by atoms with Gasteiger partial charge in [0.15, 0.2) is 5.78 Å². The summed E-state index contributed by atoms with van der Waals surface area (Å²) in [5.74, 6) is -0.159. The van der Waals surface area contributed by atoms with Crippen molar-refractivity contribution in [2.75, 3.05) is 32.7 Å². The van der Waals surface area contributed by atoms with Gasteiger partial charge in [-0.3, -0.25) is 14.5 Å². The van der Waals surface area contributed by atoms with Gasteiger partial charge in [-0.1, -0.05) is 30.9 Å². The molecule has 136 valence electrons. The fraction of sp³-hybridized carbons (Fsp3) is 0.600. The zero-order chi connectivity index (χ0) is 17.8. The van der Waals surface area contributed by atoms with Crippen molar-refractivity contribution in [3.8, 4) is 0 Å². The molecule has 1 saturated carbocycles. The van der Waals surface area contributed by atoms with Gasteiger partial charge in [0.2, 0.25) is 5.91 Å². The van der Waals surface area contributed by atoms with Gasteiger partial charge < -0.3 is 4.90 Å².